The minimum absolute atomic E-state index is 0.663. The number of aromatic nitrogens is 1. The summed E-state index contributed by atoms with van der Waals surface area (Å²) < 4.78 is 0. The zero-order valence-electron chi connectivity index (χ0n) is 9.70. The predicted octanol–water partition coefficient (Wildman–Crippen LogP) is 4.09. The van der Waals surface area contributed by atoms with E-state index in [1.54, 1.807) is 0 Å². The first-order chi connectivity index (χ1) is 8.06. The second kappa shape index (κ2) is 4.98. The lowest BCUT2D eigenvalue weighted by atomic mass is 10.3. The molecule has 0 aliphatic rings. The lowest BCUT2D eigenvalue weighted by molar-refractivity contribution is 1.05. The number of nitrogen functional groups attached to an aromatic ring is 1. The van der Waals surface area contributed by atoms with Crippen LogP contribution in [0.2, 0.25) is 5.02 Å². The molecule has 2 N–H and O–H groups in total. The molecule has 0 spiro atoms. The van der Waals surface area contributed by atoms with E-state index in [0.29, 0.717) is 10.7 Å². The number of hydrogen-bond acceptors (Lipinski definition) is 3. The summed E-state index contributed by atoms with van der Waals surface area (Å²) in [6.07, 6.45) is 0. The molecule has 1 aromatic heterocycles. The van der Waals surface area contributed by atoms with Crippen LogP contribution in [-0.4, -0.2) is 4.98 Å². The summed E-state index contributed by atoms with van der Waals surface area (Å²) in [6.45, 7) is 4.03. The molecule has 2 rings (SSSR count). The SMILES string of the molecule is Cc1cc(C)nc(Sc2c(N)cccc2Cl)c1. The van der Waals surface area contributed by atoms with Crippen molar-refractivity contribution in [3.8, 4) is 0 Å². The first kappa shape index (κ1) is 12.3. The Hall–Kier alpha value is -1.19. The second-order valence-corrected chi connectivity index (χ2v) is 5.32. The Morgan fingerprint density at radius 1 is 1.24 bits per heavy atom. The molecule has 1 aromatic carbocycles. The molecule has 0 bridgehead atoms. The van der Waals surface area contributed by atoms with E-state index < -0.39 is 0 Å². The fourth-order valence-corrected chi connectivity index (χ4v) is 2.89. The number of benzene rings is 1. The van der Waals surface area contributed by atoms with Gasteiger partial charge in [-0.2, -0.15) is 0 Å². The molecular weight excluding hydrogens is 252 g/mol. The first-order valence-electron chi connectivity index (χ1n) is 5.23. The molecule has 88 valence electrons. The minimum atomic E-state index is 0.663. The first-order valence-corrected chi connectivity index (χ1v) is 6.43. The quantitative estimate of drug-likeness (QED) is 0.831. The van der Waals surface area contributed by atoms with Crippen molar-refractivity contribution in [1.82, 2.24) is 4.98 Å². The van der Waals surface area contributed by atoms with Crippen molar-refractivity contribution in [2.45, 2.75) is 23.8 Å². The molecule has 0 saturated heterocycles. The minimum Gasteiger partial charge on any atom is -0.398 e. The van der Waals surface area contributed by atoms with Gasteiger partial charge in [0, 0.05) is 11.4 Å². The monoisotopic (exact) mass is 264 g/mol. The number of nitrogens with zero attached hydrogens (tertiary/aromatic N) is 1. The number of aryl methyl sites for hydroxylation is 2. The van der Waals surface area contributed by atoms with E-state index >= 15 is 0 Å². The Morgan fingerprint density at radius 3 is 2.65 bits per heavy atom. The predicted molar refractivity (Wildman–Crippen MR) is 73.7 cm³/mol. The molecule has 2 aromatic rings. The van der Waals surface area contributed by atoms with Crippen molar-refractivity contribution >= 4 is 29.1 Å². The highest BCUT2D eigenvalue weighted by atomic mass is 35.5. The van der Waals surface area contributed by atoms with E-state index in [2.05, 4.69) is 11.9 Å². The summed E-state index contributed by atoms with van der Waals surface area (Å²) in [5.41, 5.74) is 8.78. The molecular formula is C13H13ClN2S. The third-order valence-corrected chi connectivity index (χ3v) is 3.78. The molecule has 1 heterocycles. The molecule has 0 atom stereocenters. The highest BCUT2D eigenvalue weighted by Gasteiger charge is 2.08. The van der Waals surface area contributed by atoms with Crippen LogP contribution in [0.3, 0.4) is 0 Å². The zero-order valence-corrected chi connectivity index (χ0v) is 11.3. The highest BCUT2D eigenvalue weighted by molar-refractivity contribution is 7.99. The van der Waals surface area contributed by atoms with Crippen molar-refractivity contribution < 1.29 is 0 Å². The average molecular weight is 265 g/mol. The maximum atomic E-state index is 6.13. The van der Waals surface area contributed by atoms with Gasteiger partial charge in [-0.3, -0.25) is 0 Å². The Bertz CT molecular complexity index is 515. The van der Waals surface area contributed by atoms with Crippen LogP contribution in [0.5, 0.6) is 0 Å². The van der Waals surface area contributed by atoms with Gasteiger partial charge < -0.3 is 5.73 Å². The van der Waals surface area contributed by atoms with Crippen LogP contribution in [-0.2, 0) is 0 Å². The lowest BCUT2D eigenvalue weighted by Gasteiger charge is -2.08. The van der Waals surface area contributed by atoms with Gasteiger partial charge in [-0.15, -0.1) is 0 Å². The molecule has 0 fully saturated rings. The number of rotatable bonds is 2. The third kappa shape index (κ3) is 2.93. The lowest BCUT2D eigenvalue weighted by Crippen LogP contribution is -1.91. The van der Waals surface area contributed by atoms with Crippen LogP contribution in [0.15, 0.2) is 40.3 Å². The van der Waals surface area contributed by atoms with Crippen LogP contribution in [0.25, 0.3) is 0 Å². The van der Waals surface area contributed by atoms with Gasteiger partial charge in [0.1, 0.15) is 5.03 Å². The number of anilines is 1. The summed E-state index contributed by atoms with van der Waals surface area (Å²) in [5, 5.41) is 1.58. The smallest absolute Gasteiger partial charge is 0.101 e. The molecule has 4 heteroatoms. The molecule has 0 unspecified atom stereocenters. The van der Waals surface area contributed by atoms with Crippen molar-refractivity contribution in [3.63, 3.8) is 0 Å². The van der Waals surface area contributed by atoms with Gasteiger partial charge in [-0.05, 0) is 43.7 Å². The van der Waals surface area contributed by atoms with Crippen LogP contribution in [0, 0.1) is 13.8 Å². The summed E-state index contributed by atoms with van der Waals surface area (Å²) in [6, 6.07) is 9.59. The van der Waals surface area contributed by atoms with Gasteiger partial charge in [0.25, 0.3) is 0 Å². The molecule has 17 heavy (non-hydrogen) atoms. The maximum Gasteiger partial charge on any atom is 0.101 e. The van der Waals surface area contributed by atoms with E-state index in [9.17, 15) is 0 Å². The summed E-state index contributed by atoms with van der Waals surface area (Å²) in [5.74, 6) is 0. The highest BCUT2D eigenvalue weighted by Crippen LogP contribution is 2.36. The van der Waals surface area contributed by atoms with E-state index in [4.69, 9.17) is 17.3 Å². The Balaban J connectivity index is 2.38. The summed E-state index contributed by atoms with van der Waals surface area (Å²) >= 11 is 7.63. The van der Waals surface area contributed by atoms with Gasteiger partial charge in [-0.25, -0.2) is 4.98 Å². The van der Waals surface area contributed by atoms with Gasteiger partial charge in [0.15, 0.2) is 0 Å². The number of halogens is 1. The van der Waals surface area contributed by atoms with Crippen molar-refractivity contribution in [2.24, 2.45) is 0 Å². The van der Waals surface area contributed by atoms with Gasteiger partial charge in [0.2, 0.25) is 0 Å². The Kier molecular flexibility index (Phi) is 3.60. The summed E-state index contributed by atoms with van der Waals surface area (Å²) in [7, 11) is 0. The van der Waals surface area contributed by atoms with E-state index in [0.717, 1.165) is 15.6 Å². The van der Waals surface area contributed by atoms with Crippen molar-refractivity contribution in [1.29, 1.82) is 0 Å². The molecule has 0 saturated carbocycles. The number of hydrogen-bond donors (Lipinski definition) is 1. The topological polar surface area (TPSA) is 38.9 Å². The molecule has 0 aliphatic heterocycles. The largest absolute Gasteiger partial charge is 0.398 e. The fraction of sp³-hybridized carbons (Fsp3) is 0.154. The van der Waals surface area contributed by atoms with Gasteiger partial charge in [0.05, 0.1) is 9.92 Å². The van der Waals surface area contributed by atoms with Crippen molar-refractivity contribution in [3.05, 3.63) is 46.6 Å². The Morgan fingerprint density at radius 2 is 2.00 bits per heavy atom. The van der Waals surface area contributed by atoms with E-state index in [-0.39, 0.29) is 0 Å². The summed E-state index contributed by atoms with van der Waals surface area (Å²) in [4.78, 5) is 5.33. The molecule has 0 aliphatic carbocycles. The van der Waals surface area contributed by atoms with Crippen LogP contribution in [0.1, 0.15) is 11.3 Å². The van der Waals surface area contributed by atoms with E-state index in [1.165, 1.54) is 17.3 Å². The Labute approximate surface area is 110 Å². The average Bonchev–Trinajstić information content (AvgIpc) is 2.22. The maximum absolute atomic E-state index is 6.13. The zero-order chi connectivity index (χ0) is 12.4. The molecule has 0 amide bonds. The number of pyridine rings is 1. The third-order valence-electron chi connectivity index (χ3n) is 2.28. The van der Waals surface area contributed by atoms with Gasteiger partial charge >= 0.3 is 0 Å². The normalized spacial score (nSPS) is 10.5. The van der Waals surface area contributed by atoms with Gasteiger partial charge in [-0.1, -0.05) is 29.4 Å². The second-order valence-electron chi connectivity index (χ2n) is 3.88. The van der Waals surface area contributed by atoms with Crippen LogP contribution < -0.4 is 5.73 Å². The van der Waals surface area contributed by atoms with Crippen LogP contribution in [0.4, 0.5) is 5.69 Å². The molecule has 0 radical (unpaired) electrons. The van der Waals surface area contributed by atoms with Crippen molar-refractivity contribution in [2.75, 3.05) is 5.73 Å². The number of nitrogens with two attached hydrogens (primary N) is 1. The fourth-order valence-electron chi connectivity index (χ4n) is 1.59. The van der Waals surface area contributed by atoms with Crippen LogP contribution >= 0.6 is 23.4 Å². The van der Waals surface area contributed by atoms with E-state index in [1.807, 2.05) is 37.3 Å². The molecule has 2 nitrogen and oxygen atoms in total. The standard InChI is InChI=1S/C13H13ClN2S/c1-8-6-9(2)16-12(7-8)17-13-10(14)4-3-5-11(13)15/h3-7H,15H2,1-2H3.